The molecule has 0 fully saturated rings. The van der Waals surface area contributed by atoms with E-state index >= 15 is 0 Å². The molecule has 132 valence electrons. The first kappa shape index (κ1) is 16.7. The fraction of sp³-hybridized carbons (Fsp3) is 0.0455. The maximum atomic E-state index is 12.4. The van der Waals surface area contributed by atoms with Gasteiger partial charge in [-0.25, -0.2) is 9.97 Å². The number of para-hydroxylation sites is 1. The summed E-state index contributed by atoms with van der Waals surface area (Å²) in [6, 6.07) is 23.5. The summed E-state index contributed by atoms with van der Waals surface area (Å²) in [5.74, 6) is 0.539. The van der Waals surface area contributed by atoms with Gasteiger partial charge in [0, 0.05) is 0 Å². The number of nitrogens with zero attached hydrogens (tertiary/aromatic N) is 2. The van der Waals surface area contributed by atoms with Crippen LogP contribution in [0.3, 0.4) is 0 Å². The van der Waals surface area contributed by atoms with Crippen LogP contribution in [-0.4, -0.2) is 15.9 Å². The van der Waals surface area contributed by atoms with Crippen LogP contribution in [-0.2, 0) is 11.2 Å². The first-order valence-corrected chi connectivity index (χ1v) is 8.59. The van der Waals surface area contributed by atoms with E-state index in [0.29, 0.717) is 11.4 Å². The van der Waals surface area contributed by atoms with E-state index in [1.807, 2.05) is 72.8 Å². The Morgan fingerprint density at radius 3 is 2.37 bits per heavy atom. The van der Waals surface area contributed by atoms with E-state index in [0.717, 1.165) is 16.3 Å². The van der Waals surface area contributed by atoms with Crippen LogP contribution in [0.25, 0.3) is 10.8 Å². The third-order valence-corrected chi connectivity index (χ3v) is 4.10. The summed E-state index contributed by atoms with van der Waals surface area (Å²) in [6.07, 6.45) is 3.35. The lowest BCUT2D eigenvalue weighted by molar-refractivity contribution is -0.115. The minimum absolute atomic E-state index is 0.119. The van der Waals surface area contributed by atoms with Crippen molar-refractivity contribution in [3.63, 3.8) is 0 Å². The summed E-state index contributed by atoms with van der Waals surface area (Å²) >= 11 is 0. The highest BCUT2D eigenvalue weighted by atomic mass is 16.5. The Kier molecular flexibility index (Phi) is 4.74. The molecular formula is C22H17N3O2. The van der Waals surface area contributed by atoms with Gasteiger partial charge in [0.25, 0.3) is 0 Å². The number of benzene rings is 3. The fourth-order valence-corrected chi connectivity index (χ4v) is 2.85. The number of aromatic nitrogens is 2. The number of carbonyl (C=O) groups excluding carboxylic acids is 1. The minimum Gasteiger partial charge on any atom is -0.424 e. The van der Waals surface area contributed by atoms with Crippen LogP contribution in [0.1, 0.15) is 5.56 Å². The van der Waals surface area contributed by atoms with Gasteiger partial charge in [-0.05, 0) is 28.5 Å². The molecule has 0 atom stereocenters. The molecule has 0 aliphatic rings. The predicted molar refractivity (Wildman–Crippen MR) is 105 cm³/mol. The van der Waals surface area contributed by atoms with Gasteiger partial charge in [-0.15, -0.1) is 0 Å². The average molecular weight is 355 g/mol. The number of carbonyl (C=O) groups is 1. The van der Waals surface area contributed by atoms with Gasteiger partial charge < -0.3 is 10.1 Å². The zero-order valence-electron chi connectivity index (χ0n) is 14.5. The van der Waals surface area contributed by atoms with Crippen LogP contribution >= 0.6 is 0 Å². The molecule has 0 bridgehead atoms. The molecule has 3 aromatic carbocycles. The molecule has 5 heteroatoms. The number of nitrogens with one attached hydrogen (secondary N) is 1. The van der Waals surface area contributed by atoms with Crippen LogP contribution in [0.2, 0.25) is 0 Å². The molecule has 1 N–H and O–H groups in total. The van der Waals surface area contributed by atoms with Crippen LogP contribution in [0.5, 0.6) is 11.8 Å². The highest BCUT2D eigenvalue weighted by Crippen LogP contribution is 2.20. The van der Waals surface area contributed by atoms with E-state index < -0.39 is 0 Å². The number of hydrogen-bond acceptors (Lipinski definition) is 4. The number of ether oxygens (including phenoxy) is 1. The molecule has 4 aromatic rings. The Balaban J connectivity index is 1.42. The number of amides is 1. The van der Waals surface area contributed by atoms with Gasteiger partial charge in [0.15, 0.2) is 0 Å². The minimum atomic E-state index is -0.119. The Hall–Kier alpha value is -3.73. The van der Waals surface area contributed by atoms with Crippen LogP contribution in [0.4, 0.5) is 5.69 Å². The summed E-state index contributed by atoms with van der Waals surface area (Å²) in [4.78, 5) is 20.7. The normalized spacial score (nSPS) is 10.5. The zero-order chi connectivity index (χ0) is 18.5. The molecule has 0 radical (unpaired) electrons. The van der Waals surface area contributed by atoms with Gasteiger partial charge in [-0.3, -0.25) is 4.79 Å². The summed E-state index contributed by atoms with van der Waals surface area (Å²) in [7, 11) is 0. The maximum absolute atomic E-state index is 12.4. The second-order valence-electron chi connectivity index (χ2n) is 6.03. The molecule has 0 saturated heterocycles. The number of rotatable bonds is 5. The van der Waals surface area contributed by atoms with Crippen molar-refractivity contribution >= 4 is 22.4 Å². The van der Waals surface area contributed by atoms with Crippen molar-refractivity contribution in [3.8, 4) is 11.8 Å². The lowest BCUT2D eigenvalue weighted by Crippen LogP contribution is -2.15. The summed E-state index contributed by atoms with van der Waals surface area (Å²) in [5.41, 5.74) is 1.51. The molecule has 1 heterocycles. The van der Waals surface area contributed by atoms with E-state index in [1.165, 1.54) is 12.4 Å². The molecule has 1 aromatic heterocycles. The summed E-state index contributed by atoms with van der Waals surface area (Å²) < 4.78 is 5.55. The quantitative estimate of drug-likeness (QED) is 0.568. The second kappa shape index (κ2) is 7.66. The van der Waals surface area contributed by atoms with E-state index in [1.54, 1.807) is 0 Å². The molecule has 5 nitrogen and oxygen atoms in total. The highest BCUT2D eigenvalue weighted by molar-refractivity contribution is 5.96. The smallest absolute Gasteiger partial charge is 0.322 e. The largest absolute Gasteiger partial charge is 0.424 e. The lowest BCUT2D eigenvalue weighted by Gasteiger charge is -2.08. The van der Waals surface area contributed by atoms with Crippen LogP contribution in [0.15, 0.2) is 85.2 Å². The Morgan fingerprint density at radius 2 is 1.56 bits per heavy atom. The van der Waals surface area contributed by atoms with E-state index in [-0.39, 0.29) is 18.3 Å². The molecule has 27 heavy (non-hydrogen) atoms. The van der Waals surface area contributed by atoms with Gasteiger partial charge in [0.1, 0.15) is 5.75 Å². The average Bonchev–Trinajstić information content (AvgIpc) is 2.71. The van der Waals surface area contributed by atoms with E-state index in [2.05, 4.69) is 15.3 Å². The lowest BCUT2D eigenvalue weighted by atomic mass is 10.0. The first-order chi connectivity index (χ1) is 13.3. The Bertz CT molecular complexity index is 1060. The number of fused-ring (bicyclic) bond motifs is 1. The van der Waals surface area contributed by atoms with Crippen molar-refractivity contribution in [2.24, 2.45) is 0 Å². The molecule has 0 unspecified atom stereocenters. The van der Waals surface area contributed by atoms with Gasteiger partial charge in [0.2, 0.25) is 5.91 Å². The molecule has 1 amide bonds. The van der Waals surface area contributed by atoms with Crippen molar-refractivity contribution in [1.29, 1.82) is 0 Å². The number of hydrogen-bond donors (Lipinski definition) is 1. The summed E-state index contributed by atoms with van der Waals surface area (Å²) in [6.45, 7) is 0. The molecule has 0 saturated carbocycles. The molecule has 0 spiro atoms. The topological polar surface area (TPSA) is 64.1 Å². The Morgan fingerprint density at radius 1 is 0.852 bits per heavy atom. The van der Waals surface area contributed by atoms with Crippen molar-refractivity contribution in [2.75, 3.05) is 5.32 Å². The van der Waals surface area contributed by atoms with E-state index in [4.69, 9.17) is 4.74 Å². The maximum Gasteiger partial charge on any atom is 0.322 e. The predicted octanol–water partition coefficient (Wildman–Crippen LogP) is 4.60. The van der Waals surface area contributed by atoms with Crippen molar-refractivity contribution < 1.29 is 9.53 Å². The highest BCUT2D eigenvalue weighted by Gasteiger charge is 2.08. The van der Waals surface area contributed by atoms with Crippen molar-refractivity contribution in [3.05, 3.63) is 90.8 Å². The van der Waals surface area contributed by atoms with Crippen LogP contribution < -0.4 is 10.1 Å². The van der Waals surface area contributed by atoms with Crippen molar-refractivity contribution in [1.82, 2.24) is 9.97 Å². The van der Waals surface area contributed by atoms with E-state index in [9.17, 15) is 4.79 Å². The van der Waals surface area contributed by atoms with Crippen LogP contribution in [0, 0.1) is 0 Å². The second-order valence-corrected chi connectivity index (χ2v) is 6.03. The van der Waals surface area contributed by atoms with Crippen molar-refractivity contribution in [2.45, 2.75) is 6.42 Å². The molecule has 0 aliphatic carbocycles. The first-order valence-electron chi connectivity index (χ1n) is 8.59. The SMILES string of the molecule is O=C(Cc1cccc2ccccc12)Nc1cnc(Oc2ccccc2)nc1. The fourth-order valence-electron chi connectivity index (χ4n) is 2.85. The monoisotopic (exact) mass is 355 g/mol. The summed E-state index contributed by atoms with van der Waals surface area (Å²) in [5, 5.41) is 5.03. The molecule has 4 rings (SSSR count). The van der Waals surface area contributed by atoms with Gasteiger partial charge in [-0.1, -0.05) is 60.7 Å². The molecular weight excluding hydrogens is 338 g/mol. The molecule has 0 aliphatic heterocycles. The number of anilines is 1. The third-order valence-electron chi connectivity index (χ3n) is 4.10. The standard InChI is InChI=1S/C22H17N3O2/c26-21(13-17-9-6-8-16-7-4-5-12-20(16)17)25-18-14-23-22(24-15-18)27-19-10-2-1-3-11-19/h1-12,14-15H,13H2,(H,25,26). The third kappa shape index (κ3) is 4.10. The zero-order valence-corrected chi connectivity index (χ0v) is 14.5. The van der Waals surface area contributed by atoms with Gasteiger partial charge >= 0.3 is 6.01 Å². The van der Waals surface area contributed by atoms with Gasteiger partial charge in [0.05, 0.1) is 24.5 Å². The Labute approximate surface area is 156 Å². The van der Waals surface area contributed by atoms with Gasteiger partial charge in [-0.2, -0.15) is 0 Å².